The Kier molecular flexibility index (Phi) is 3.96. The first-order chi connectivity index (χ1) is 10.3. The lowest BCUT2D eigenvalue weighted by Gasteiger charge is -2.19. The van der Waals surface area contributed by atoms with Gasteiger partial charge in [0.05, 0.1) is 5.92 Å². The Morgan fingerprint density at radius 2 is 1.52 bits per heavy atom. The van der Waals surface area contributed by atoms with E-state index in [4.69, 9.17) is 0 Å². The molecule has 1 atom stereocenters. The summed E-state index contributed by atoms with van der Waals surface area (Å²) in [5.41, 5.74) is 2.86. The standard InChI is InChI=1S/C19H18O2/c20-18-9-5-4-8-17(18)19(21)16-12-10-15(11-13-16)14-6-2-1-3-7-14/h1-3,6-7,10-13,17H,4-5,8-9H2. The summed E-state index contributed by atoms with van der Waals surface area (Å²) in [4.78, 5) is 24.3. The van der Waals surface area contributed by atoms with Crippen molar-refractivity contribution in [1.29, 1.82) is 0 Å². The van der Waals surface area contributed by atoms with Crippen LogP contribution in [0.4, 0.5) is 0 Å². The molecular weight excluding hydrogens is 260 g/mol. The maximum Gasteiger partial charge on any atom is 0.173 e. The molecule has 0 bridgehead atoms. The molecule has 0 aliphatic heterocycles. The van der Waals surface area contributed by atoms with Crippen molar-refractivity contribution in [1.82, 2.24) is 0 Å². The summed E-state index contributed by atoms with van der Waals surface area (Å²) < 4.78 is 0. The molecule has 2 heteroatoms. The van der Waals surface area contributed by atoms with Crippen molar-refractivity contribution in [3.05, 3.63) is 60.2 Å². The van der Waals surface area contributed by atoms with Gasteiger partial charge in [-0.05, 0) is 24.0 Å². The van der Waals surface area contributed by atoms with Gasteiger partial charge in [-0.15, -0.1) is 0 Å². The van der Waals surface area contributed by atoms with Gasteiger partial charge >= 0.3 is 0 Å². The monoisotopic (exact) mass is 278 g/mol. The van der Waals surface area contributed by atoms with Crippen molar-refractivity contribution in [3.8, 4) is 11.1 Å². The van der Waals surface area contributed by atoms with Gasteiger partial charge in [0.15, 0.2) is 5.78 Å². The molecular formula is C19H18O2. The van der Waals surface area contributed by atoms with Gasteiger partial charge in [0.1, 0.15) is 5.78 Å². The van der Waals surface area contributed by atoms with Gasteiger partial charge < -0.3 is 0 Å². The molecule has 106 valence electrons. The van der Waals surface area contributed by atoms with E-state index in [1.54, 1.807) is 0 Å². The Bertz CT molecular complexity index is 641. The van der Waals surface area contributed by atoms with E-state index >= 15 is 0 Å². The van der Waals surface area contributed by atoms with Gasteiger partial charge in [-0.1, -0.05) is 61.0 Å². The first-order valence-corrected chi connectivity index (χ1v) is 7.48. The number of carbonyl (C=O) groups excluding carboxylic acids is 2. The van der Waals surface area contributed by atoms with E-state index in [0.717, 1.165) is 24.0 Å². The fraction of sp³-hybridized carbons (Fsp3) is 0.263. The highest BCUT2D eigenvalue weighted by Crippen LogP contribution is 2.25. The van der Waals surface area contributed by atoms with Crippen molar-refractivity contribution in [2.75, 3.05) is 0 Å². The number of hydrogen-bond donors (Lipinski definition) is 0. The molecule has 2 aromatic rings. The first kappa shape index (κ1) is 13.7. The van der Waals surface area contributed by atoms with Crippen LogP contribution >= 0.6 is 0 Å². The summed E-state index contributed by atoms with van der Waals surface area (Å²) in [6, 6.07) is 17.6. The van der Waals surface area contributed by atoms with Gasteiger partial charge in [-0.2, -0.15) is 0 Å². The van der Waals surface area contributed by atoms with E-state index in [1.165, 1.54) is 0 Å². The number of Topliss-reactive ketones (excluding diaryl/α,β-unsaturated/α-hetero) is 2. The topological polar surface area (TPSA) is 34.1 Å². The van der Waals surface area contributed by atoms with Crippen molar-refractivity contribution < 1.29 is 9.59 Å². The minimum absolute atomic E-state index is 0.0145. The molecule has 0 spiro atoms. The van der Waals surface area contributed by atoms with E-state index < -0.39 is 5.92 Å². The highest BCUT2D eigenvalue weighted by atomic mass is 16.1. The maximum atomic E-state index is 12.4. The fourth-order valence-corrected chi connectivity index (χ4v) is 2.92. The lowest BCUT2D eigenvalue weighted by molar-refractivity contribution is -0.122. The molecule has 0 saturated heterocycles. The van der Waals surface area contributed by atoms with Crippen molar-refractivity contribution in [2.45, 2.75) is 25.7 Å². The second-order valence-corrected chi connectivity index (χ2v) is 5.57. The molecule has 2 nitrogen and oxygen atoms in total. The largest absolute Gasteiger partial charge is 0.299 e. The maximum absolute atomic E-state index is 12.4. The van der Waals surface area contributed by atoms with Crippen LogP contribution in [0.5, 0.6) is 0 Å². The van der Waals surface area contributed by atoms with Crippen LogP contribution in [0.3, 0.4) is 0 Å². The van der Waals surface area contributed by atoms with E-state index in [1.807, 2.05) is 54.6 Å². The quantitative estimate of drug-likeness (QED) is 0.620. The molecule has 1 saturated carbocycles. The Morgan fingerprint density at radius 3 is 2.19 bits per heavy atom. The molecule has 21 heavy (non-hydrogen) atoms. The van der Waals surface area contributed by atoms with Gasteiger partial charge in [0.25, 0.3) is 0 Å². The fourth-order valence-electron chi connectivity index (χ4n) is 2.92. The number of carbonyl (C=O) groups is 2. The zero-order valence-electron chi connectivity index (χ0n) is 11.9. The summed E-state index contributed by atoms with van der Waals surface area (Å²) in [5.74, 6) is -0.320. The third-order valence-electron chi connectivity index (χ3n) is 4.15. The second-order valence-electron chi connectivity index (χ2n) is 5.57. The van der Waals surface area contributed by atoms with Crippen LogP contribution in [0, 0.1) is 5.92 Å². The molecule has 3 rings (SSSR count). The van der Waals surface area contributed by atoms with Crippen LogP contribution in [0.2, 0.25) is 0 Å². The van der Waals surface area contributed by atoms with Crippen molar-refractivity contribution in [2.24, 2.45) is 5.92 Å². The zero-order valence-corrected chi connectivity index (χ0v) is 11.9. The van der Waals surface area contributed by atoms with Crippen LogP contribution < -0.4 is 0 Å². The normalized spacial score (nSPS) is 18.5. The molecule has 1 aliphatic carbocycles. The number of hydrogen-bond acceptors (Lipinski definition) is 2. The summed E-state index contributed by atoms with van der Waals surface area (Å²) in [5, 5.41) is 0. The van der Waals surface area contributed by atoms with Gasteiger partial charge in [0, 0.05) is 12.0 Å². The van der Waals surface area contributed by atoms with Crippen LogP contribution in [0.1, 0.15) is 36.0 Å². The predicted octanol–water partition coefficient (Wildman–Crippen LogP) is 4.30. The van der Waals surface area contributed by atoms with Gasteiger partial charge in [-0.3, -0.25) is 9.59 Å². The molecule has 2 aromatic carbocycles. The Morgan fingerprint density at radius 1 is 0.857 bits per heavy atom. The van der Waals surface area contributed by atoms with Gasteiger partial charge in [-0.25, -0.2) is 0 Å². The highest BCUT2D eigenvalue weighted by molar-refractivity contribution is 6.11. The van der Waals surface area contributed by atoms with E-state index in [0.29, 0.717) is 18.4 Å². The highest BCUT2D eigenvalue weighted by Gasteiger charge is 2.29. The average molecular weight is 278 g/mol. The Hall–Kier alpha value is -2.22. The SMILES string of the molecule is O=C1CCCCC1C(=O)c1ccc(-c2ccccc2)cc1. The minimum atomic E-state index is -0.415. The van der Waals surface area contributed by atoms with Crippen LogP contribution in [0.15, 0.2) is 54.6 Å². The minimum Gasteiger partial charge on any atom is -0.299 e. The molecule has 1 fully saturated rings. The molecule has 1 unspecified atom stereocenters. The van der Waals surface area contributed by atoms with E-state index in [2.05, 4.69) is 0 Å². The zero-order chi connectivity index (χ0) is 14.7. The van der Waals surface area contributed by atoms with Crippen molar-refractivity contribution in [3.63, 3.8) is 0 Å². The molecule has 0 N–H and O–H groups in total. The third kappa shape index (κ3) is 2.94. The second kappa shape index (κ2) is 6.04. The molecule has 0 heterocycles. The number of benzene rings is 2. The van der Waals surface area contributed by atoms with Crippen molar-refractivity contribution >= 4 is 11.6 Å². The molecule has 0 radical (unpaired) electrons. The summed E-state index contributed by atoms with van der Waals surface area (Å²) in [6.45, 7) is 0. The number of ketones is 2. The smallest absolute Gasteiger partial charge is 0.173 e. The molecule has 0 amide bonds. The average Bonchev–Trinajstić information content (AvgIpc) is 2.56. The molecule has 1 aliphatic rings. The summed E-state index contributed by atoms with van der Waals surface area (Å²) >= 11 is 0. The lowest BCUT2D eigenvalue weighted by atomic mass is 9.82. The molecule has 0 aromatic heterocycles. The first-order valence-electron chi connectivity index (χ1n) is 7.48. The number of rotatable bonds is 3. The van der Waals surface area contributed by atoms with Gasteiger partial charge in [0.2, 0.25) is 0 Å². The van der Waals surface area contributed by atoms with Crippen LogP contribution in [-0.2, 0) is 4.79 Å². The summed E-state index contributed by atoms with van der Waals surface area (Å²) in [6.07, 6.45) is 3.16. The van der Waals surface area contributed by atoms with E-state index in [9.17, 15) is 9.59 Å². The van der Waals surface area contributed by atoms with E-state index in [-0.39, 0.29) is 11.6 Å². The van der Waals surface area contributed by atoms with Crippen LogP contribution in [0.25, 0.3) is 11.1 Å². The Labute approximate surface area is 124 Å². The lowest BCUT2D eigenvalue weighted by Crippen LogP contribution is -2.27. The Balaban J connectivity index is 1.81. The summed E-state index contributed by atoms with van der Waals surface area (Å²) in [7, 11) is 0. The van der Waals surface area contributed by atoms with Crippen LogP contribution in [-0.4, -0.2) is 11.6 Å². The third-order valence-corrected chi connectivity index (χ3v) is 4.15. The predicted molar refractivity (Wildman–Crippen MR) is 83.2 cm³/mol.